The van der Waals surface area contributed by atoms with Crippen molar-refractivity contribution in [1.29, 1.82) is 0 Å². The number of hydrogen-bond donors (Lipinski definition) is 1. The van der Waals surface area contributed by atoms with Gasteiger partial charge in [-0.25, -0.2) is 4.79 Å². The predicted octanol–water partition coefficient (Wildman–Crippen LogP) is 2.03. The smallest absolute Gasteiger partial charge is 0.335 e. The van der Waals surface area contributed by atoms with E-state index in [2.05, 4.69) is 0 Å². The zero-order valence-electron chi connectivity index (χ0n) is 9.08. The second kappa shape index (κ2) is 6.21. The molecule has 6 nitrogen and oxygen atoms in total. The number of carboxylic acid groups (broad SMARTS) is 1. The number of hydrogen-bond acceptors (Lipinski definition) is 5. The molecule has 0 aromatic heterocycles. The highest BCUT2D eigenvalue weighted by Crippen LogP contribution is 2.30. The van der Waals surface area contributed by atoms with Crippen molar-refractivity contribution in [2.45, 2.75) is 4.90 Å². The van der Waals surface area contributed by atoms with Crippen LogP contribution in [0.25, 0.3) is 0 Å². The number of thioether (sulfide) groups is 1. The van der Waals surface area contributed by atoms with Gasteiger partial charge in [-0.05, 0) is 12.1 Å². The van der Waals surface area contributed by atoms with Gasteiger partial charge in [-0.1, -0.05) is 0 Å². The van der Waals surface area contributed by atoms with E-state index in [1.807, 2.05) is 0 Å². The minimum absolute atomic E-state index is 0.0375. The van der Waals surface area contributed by atoms with Crippen molar-refractivity contribution in [3.05, 3.63) is 33.9 Å². The molecule has 0 amide bonds. The molecular formula is C10H11NO5S. The number of carbonyl (C=O) groups is 1. The summed E-state index contributed by atoms with van der Waals surface area (Å²) < 4.78 is 4.83. The van der Waals surface area contributed by atoms with Crippen molar-refractivity contribution in [3.63, 3.8) is 0 Å². The van der Waals surface area contributed by atoms with E-state index < -0.39 is 10.9 Å². The molecule has 0 saturated carbocycles. The second-order valence-electron chi connectivity index (χ2n) is 3.09. The highest BCUT2D eigenvalue weighted by molar-refractivity contribution is 7.99. The average Bonchev–Trinajstić information content (AvgIpc) is 2.28. The lowest BCUT2D eigenvalue weighted by Gasteiger charge is -2.03. The molecule has 0 heterocycles. The van der Waals surface area contributed by atoms with Crippen LogP contribution in [0.5, 0.6) is 0 Å². The molecule has 92 valence electrons. The van der Waals surface area contributed by atoms with Crippen molar-refractivity contribution in [2.24, 2.45) is 0 Å². The Hall–Kier alpha value is -1.60. The summed E-state index contributed by atoms with van der Waals surface area (Å²) in [6.45, 7) is 0.444. The van der Waals surface area contributed by atoms with Crippen LogP contribution in [0.15, 0.2) is 23.1 Å². The summed E-state index contributed by atoms with van der Waals surface area (Å²) in [6.07, 6.45) is 0. The molecule has 0 radical (unpaired) electrons. The molecule has 0 fully saturated rings. The summed E-state index contributed by atoms with van der Waals surface area (Å²) in [5.74, 6) is -0.575. The van der Waals surface area contributed by atoms with Gasteiger partial charge in [-0.15, -0.1) is 11.8 Å². The Balaban J connectivity index is 2.98. The maximum absolute atomic E-state index is 10.8. The first-order valence-corrected chi connectivity index (χ1v) is 5.68. The van der Waals surface area contributed by atoms with E-state index >= 15 is 0 Å². The van der Waals surface area contributed by atoms with Gasteiger partial charge in [0.15, 0.2) is 0 Å². The molecule has 0 aliphatic heterocycles. The number of nitro benzene ring substituents is 1. The fourth-order valence-electron chi connectivity index (χ4n) is 1.15. The van der Waals surface area contributed by atoms with Crippen molar-refractivity contribution in [2.75, 3.05) is 19.5 Å². The van der Waals surface area contributed by atoms with Gasteiger partial charge in [0.05, 0.1) is 22.0 Å². The van der Waals surface area contributed by atoms with Crippen LogP contribution in [0.4, 0.5) is 5.69 Å². The molecule has 1 rings (SSSR count). The maximum atomic E-state index is 10.8. The number of nitrogens with zero attached hydrogens (tertiary/aromatic N) is 1. The van der Waals surface area contributed by atoms with Gasteiger partial charge in [-0.2, -0.15) is 0 Å². The molecule has 7 heteroatoms. The maximum Gasteiger partial charge on any atom is 0.335 e. The third kappa shape index (κ3) is 3.72. The van der Waals surface area contributed by atoms with Crippen LogP contribution < -0.4 is 0 Å². The number of nitro groups is 1. The first-order valence-electron chi connectivity index (χ1n) is 4.69. The molecule has 0 bridgehead atoms. The highest BCUT2D eigenvalue weighted by atomic mass is 32.2. The van der Waals surface area contributed by atoms with Crippen LogP contribution in [0, 0.1) is 10.1 Å². The Morgan fingerprint density at radius 1 is 1.59 bits per heavy atom. The summed E-state index contributed by atoms with van der Waals surface area (Å²) in [5, 5.41) is 19.6. The lowest BCUT2D eigenvalue weighted by Crippen LogP contribution is -2.00. The largest absolute Gasteiger partial charge is 0.478 e. The number of rotatable bonds is 6. The van der Waals surface area contributed by atoms with Gasteiger partial charge in [0.1, 0.15) is 0 Å². The first-order chi connectivity index (χ1) is 8.06. The summed E-state index contributed by atoms with van der Waals surface area (Å²) >= 11 is 1.20. The Kier molecular flexibility index (Phi) is 4.92. The van der Waals surface area contributed by atoms with Crippen LogP contribution in [0.1, 0.15) is 10.4 Å². The van der Waals surface area contributed by atoms with Crippen molar-refractivity contribution < 1.29 is 19.6 Å². The van der Waals surface area contributed by atoms with Crippen molar-refractivity contribution >= 4 is 23.4 Å². The molecule has 0 aliphatic carbocycles. The fraction of sp³-hybridized carbons (Fsp3) is 0.300. The average molecular weight is 257 g/mol. The molecule has 0 unspecified atom stereocenters. The minimum Gasteiger partial charge on any atom is -0.478 e. The van der Waals surface area contributed by atoms with Gasteiger partial charge in [0.2, 0.25) is 0 Å². The molecule has 0 spiro atoms. The standard InChI is InChI=1S/C10H11NO5S/c1-16-4-5-17-9-6-7(10(12)13)2-3-8(9)11(14)15/h2-3,6H,4-5H2,1H3,(H,12,13). The molecule has 1 aromatic rings. The lowest BCUT2D eigenvalue weighted by atomic mass is 10.2. The van der Waals surface area contributed by atoms with E-state index in [4.69, 9.17) is 9.84 Å². The Morgan fingerprint density at radius 3 is 2.82 bits per heavy atom. The number of methoxy groups -OCH3 is 1. The van der Waals surface area contributed by atoms with E-state index in [0.717, 1.165) is 0 Å². The fourth-order valence-corrected chi connectivity index (χ4v) is 2.12. The van der Waals surface area contributed by atoms with Gasteiger partial charge in [0.25, 0.3) is 5.69 Å². The molecule has 0 aliphatic rings. The molecule has 0 atom stereocenters. The SMILES string of the molecule is COCCSc1cc(C(=O)O)ccc1[N+](=O)[O-]. The van der Waals surface area contributed by atoms with Gasteiger partial charge >= 0.3 is 5.97 Å². The number of benzene rings is 1. The lowest BCUT2D eigenvalue weighted by molar-refractivity contribution is -0.387. The summed E-state index contributed by atoms with van der Waals surface area (Å²) in [5.41, 5.74) is -0.0494. The van der Waals surface area contributed by atoms with Crippen LogP contribution in [-0.4, -0.2) is 35.5 Å². The predicted molar refractivity (Wildman–Crippen MR) is 62.7 cm³/mol. The van der Waals surface area contributed by atoms with Crippen molar-refractivity contribution in [1.82, 2.24) is 0 Å². The number of ether oxygens (including phenoxy) is 1. The van der Waals surface area contributed by atoms with Crippen LogP contribution in [0.2, 0.25) is 0 Å². The first kappa shape index (κ1) is 13.5. The Labute approximate surface area is 102 Å². The van der Waals surface area contributed by atoms with Crippen molar-refractivity contribution in [3.8, 4) is 0 Å². The van der Waals surface area contributed by atoms with Crippen LogP contribution in [-0.2, 0) is 4.74 Å². The molecule has 0 saturated heterocycles. The summed E-state index contributed by atoms with van der Waals surface area (Å²) in [6, 6.07) is 3.74. The third-order valence-electron chi connectivity index (χ3n) is 1.95. The van der Waals surface area contributed by atoms with E-state index in [1.54, 1.807) is 0 Å². The second-order valence-corrected chi connectivity index (χ2v) is 4.22. The molecule has 17 heavy (non-hydrogen) atoms. The van der Waals surface area contributed by atoms with Gasteiger partial charge in [-0.3, -0.25) is 10.1 Å². The van der Waals surface area contributed by atoms with E-state index in [0.29, 0.717) is 17.3 Å². The van der Waals surface area contributed by atoms with Crippen LogP contribution in [0.3, 0.4) is 0 Å². The topological polar surface area (TPSA) is 89.7 Å². The summed E-state index contributed by atoms with van der Waals surface area (Å²) in [7, 11) is 1.53. The minimum atomic E-state index is -1.10. The molecular weight excluding hydrogens is 246 g/mol. The van der Waals surface area contributed by atoms with E-state index in [-0.39, 0.29) is 11.3 Å². The monoisotopic (exact) mass is 257 g/mol. The number of carboxylic acids is 1. The molecule has 1 N–H and O–H groups in total. The number of aromatic carboxylic acids is 1. The summed E-state index contributed by atoms with van der Waals surface area (Å²) in [4.78, 5) is 21.3. The zero-order valence-corrected chi connectivity index (χ0v) is 9.90. The third-order valence-corrected chi connectivity index (χ3v) is 2.96. The zero-order chi connectivity index (χ0) is 12.8. The highest BCUT2D eigenvalue weighted by Gasteiger charge is 2.16. The van der Waals surface area contributed by atoms with Gasteiger partial charge < -0.3 is 9.84 Å². The quantitative estimate of drug-likeness (QED) is 0.363. The van der Waals surface area contributed by atoms with Gasteiger partial charge in [0, 0.05) is 18.9 Å². The van der Waals surface area contributed by atoms with Crippen LogP contribution >= 0.6 is 11.8 Å². The normalized spacial score (nSPS) is 10.2. The van der Waals surface area contributed by atoms with E-state index in [1.165, 1.54) is 37.1 Å². The van der Waals surface area contributed by atoms with E-state index in [9.17, 15) is 14.9 Å². The Bertz CT molecular complexity index is 435. The molecule has 1 aromatic carbocycles. The Morgan fingerprint density at radius 2 is 2.29 bits per heavy atom.